The van der Waals surface area contributed by atoms with Crippen LogP contribution in [0.4, 0.5) is 0 Å². The number of carbonyl (C=O) groups is 1. The van der Waals surface area contributed by atoms with Crippen molar-refractivity contribution in [2.75, 3.05) is 0 Å². The summed E-state index contributed by atoms with van der Waals surface area (Å²) in [7, 11) is 0. The fraction of sp³-hybridized carbons (Fsp3) is 0.718. The van der Waals surface area contributed by atoms with Gasteiger partial charge in [-0.2, -0.15) is 0 Å². The van der Waals surface area contributed by atoms with Crippen LogP contribution in [0.25, 0.3) is 5.69 Å². The van der Waals surface area contributed by atoms with Crippen molar-refractivity contribution in [3.63, 3.8) is 0 Å². The first-order chi connectivity index (χ1) is 22.7. The van der Waals surface area contributed by atoms with Gasteiger partial charge in [-0.05, 0) is 93.6 Å². The molecule has 2 spiro atoms. The predicted molar refractivity (Wildman–Crippen MR) is 182 cm³/mol. The molecule has 48 heavy (non-hydrogen) atoms. The topological polar surface area (TPSA) is 108 Å². The Morgan fingerprint density at radius 2 is 1.75 bits per heavy atom. The van der Waals surface area contributed by atoms with Gasteiger partial charge in [0.15, 0.2) is 0 Å². The summed E-state index contributed by atoms with van der Waals surface area (Å²) in [6, 6.07) is 9.31. The summed E-state index contributed by atoms with van der Waals surface area (Å²) in [4.78, 5) is 41.0. The average molecular weight is 660 g/mol. The van der Waals surface area contributed by atoms with Gasteiger partial charge in [0, 0.05) is 18.8 Å². The molecule has 3 saturated carbocycles. The molecule has 4 aliphatic carbocycles. The second-order valence-electron chi connectivity index (χ2n) is 17.3. The number of ether oxygens (including phenoxy) is 2. The molecule has 4 fully saturated rings. The number of allylic oxidation sites excluding steroid dienone is 2. The number of benzene rings is 1. The van der Waals surface area contributed by atoms with Crippen LogP contribution in [-0.2, 0) is 25.3 Å². The standard InChI is InChI=1S/C39H53N3O6/c1-24(13-9-8-12-19-35(3,4)48-25(2)43)27-16-17-29-36(27,5)20-18-30-37(6)32-31(47-32)28(44)23-38(37)21-22-39(29,30)42-34(46)40(33(45)41(38)42)26-14-10-7-11-15-26/h7,10-11,14-15,21-22,24,27-32,44H,8-9,12-13,16-20,23H2,1-6H3/t24-,27-,28-,29-,30-,31+,32+,36-,37+,38-,39+/m1/s1. The third kappa shape index (κ3) is 4.06. The normalized spacial score (nSPS) is 40.7. The highest BCUT2D eigenvalue weighted by atomic mass is 16.6. The molecule has 4 heterocycles. The fourth-order valence-corrected chi connectivity index (χ4v) is 12.6. The summed E-state index contributed by atoms with van der Waals surface area (Å²) < 4.78 is 16.9. The van der Waals surface area contributed by atoms with E-state index < -0.39 is 28.2 Å². The van der Waals surface area contributed by atoms with Crippen molar-refractivity contribution in [1.29, 1.82) is 0 Å². The number of fused-ring (bicyclic) bond motifs is 2. The maximum atomic E-state index is 14.8. The first kappa shape index (κ1) is 32.3. The van der Waals surface area contributed by atoms with Crippen molar-refractivity contribution in [3.05, 3.63) is 63.5 Å². The van der Waals surface area contributed by atoms with Crippen LogP contribution >= 0.6 is 0 Å². The SMILES string of the molecule is CC(=O)OC(C)(C)CCCCC[C@@H](C)[C@H]1CC[C@@H]2[C@]1(C)CC[C@H]1[C@]23C=C[C@]2(C[C@@H](O)[C@@H]4O[C@@H]4[C@]12C)n1c(=O)n(-c2ccccc2)c(=O)n13. The summed E-state index contributed by atoms with van der Waals surface area (Å²) in [5.74, 6) is 1.16. The molecular formula is C39H53N3O6. The largest absolute Gasteiger partial charge is 0.460 e. The molecule has 1 aromatic carbocycles. The zero-order valence-electron chi connectivity index (χ0n) is 29.5. The van der Waals surface area contributed by atoms with Gasteiger partial charge < -0.3 is 14.6 Å². The van der Waals surface area contributed by atoms with E-state index in [4.69, 9.17) is 9.47 Å². The summed E-state index contributed by atoms with van der Waals surface area (Å²) in [5.41, 5.74) is -2.33. The third-order valence-electron chi connectivity index (χ3n) is 14.5. The maximum Gasteiger partial charge on any atom is 0.352 e. The van der Waals surface area contributed by atoms with Gasteiger partial charge in [0.2, 0.25) is 0 Å². The predicted octanol–water partition coefficient (Wildman–Crippen LogP) is 5.68. The van der Waals surface area contributed by atoms with Crippen LogP contribution in [0.5, 0.6) is 0 Å². The molecule has 9 heteroatoms. The van der Waals surface area contributed by atoms with E-state index in [2.05, 4.69) is 32.9 Å². The minimum absolute atomic E-state index is 0.0123. The quantitative estimate of drug-likeness (QED) is 0.161. The zero-order chi connectivity index (χ0) is 34.0. The van der Waals surface area contributed by atoms with Gasteiger partial charge in [-0.1, -0.05) is 70.4 Å². The number of carbonyl (C=O) groups excluding carboxylic acids is 1. The first-order valence-corrected chi connectivity index (χ1v) is 18.5. The van der Waals surface area contributed by atoms with Gasteiger partial charge in [-0.25, -0.2) is 23.5 Å². The molecule has 0 unspecified atom stereocenters. The van der Waals surface area contributed by atoms with Gasteiger partial charge in [0.05, 0.1) is 29.0 Å². The average Bonchev–Trinajstić information content (AvgIpc) is 3.70. The lowest BCUT2D eigenvalue weighted by molar-refractivity contribution is -0.194. The molecule has 0 radical (unpaired) electrons. The highest BCUT2D eigenvalue weighted by Gasteiger charge is 2.81. The zero-order valence-corrected chi connectivity index (χ0v) is 29.5. The van der Waals surface area contributed by atoms with Crippen LogP contribution in [-0.4, -0.2) is 48.9 Å². The highest BCUT2D eigenvalue weighted by molar-refractivity contribution is 5.66. The number of epoxide rings is 1. The number of rotatable bonds is 9. The Bertz CT molecular complexity index is 1770. The number of hydrogen-bond acceptors (Lipinski definition) is 6. The van der Waals surface area contributed by atoms with E-state index in [0.29, 0.717) is 23.9 Å². The van der Waals surface area contributed by atoms with E-state index in [1.165, 1.54) is 11.5 Å². The molecule has 9 rings (SSSR count). The molecule has 2 bridgehead atoms. The van der Waals surface area contributed by atoms with Crippen LogP contribution in [0.3, 0.4) is 0 Å². The van der Waals surface area contributed by atoms with Crippen molar-refractivity contribution in [2.45, 2.75) is 141 Å². The van der Waals surface area contributed by atoms with Crippen molar-refractivity contribution in [1.82, 2.24) is 13.9 Å². The van der Waals surface area contributed by atoms with E-state index in [0.717, 1.165) is 57.8 Å². The highest BCUT2D eigenvalue weighted by Crippen LogP contribution is 2.76. The molecule has 3 aliphatic heterocycles. The summed E-state index contributed by atoms with van der Waals surface area (Å²) in [6.45, 7) is 12.7. The van der Waals surface area contributed by atoms with Crippen molar-refractivity contribution in [3.8, 4) is 5.69 Å². The van der Waals surface area contributed by atoms with E-state index >= 15 is 0 Å². The Hall–Kier alpha value is -2.91. The molecule has 7 aliphatic rings. The van der Waals surface area contributed by atoms with Crippen LogP contribution in [0.1, 0.15) is 106 Å². The Labute approximate surface area is 283 Å². The molecule has 2 aromatic rings. The lowest BCUT2D eigenvalue weighted by Gasteiger charge is -2.70. The smallest absolute Gasteiger partial charge is 0.352 e. The first-order valence-electron chi connectivity index (χ1n) is 18.5. The van der Waals surface area contributed by atoms with E-state index in [9.17, 15) is 19.5 Å². The fourth-order valence-electron chi connectivity index (χ4n) is 12.6. The number of nitrogens with zero attached hydrogens (tertiary/aromatic N) is 3. The van der Waals surface area contributed by atoms with E-state index in [1.807, 2.05) is 48.9 Å². The van der Waals surface area contributed by atoms with Crippen LogP contribution in [0.15, 0.2) is 52.1 Å². The number of unbranched alkanes of at least 4 members (excludes halogenated alkanes) is 2. The van der Waals surface area contributed by atoms with E-state index in [1.54, 1.807) is 4.68 Å². The van der Waals surface area contributed by atoms with Crippen LogP contribution < -0.4 is 11.4 Å². The lowest BCUT2D eigenvalue weighted by atomic mass is 9.40. The molecule has 1 N–H and O–H groups in total. The minimum Gasteiger partial charge on any atom is -0.460 e. The summed E-state index contributed by atoms with van der Waals surface area (Å²) >= 11 is 0. The number of aliphatic hydroxyl groups is 1. The molecule has 1 aromatic heterocycles. The summed E-state index contributed by atoms with van der Waals surface area (Å²) in [5, 5.41) is 11.3. The van der Waals surface area contributed by atoms with Gasteiger partial charge in [0.1, 0.15) is 11.7 Å². The van der Waals surface area contributed by atoms with Gasteiger partial charge in [0.25, 0.3) is 0 Å². The van der Waals surface area contributed by atoms with Gasteiger partial charge >= 0.3 is 17.3 Å². The molecule has 9 nitrogen and oxygen atoms in total. The van der Waals surface area contributed by atoms with Crippen LogP contribution in [0, 0.1) is 34.5 Å². The number of aromatic nitrogens is 3. The van der Waals surface area contributed by atoms with Gasteiger partial charge in [-0.15, -0.1) is 0 Å². The van der Waals surface area contributed by atoms with Crippen LogP contribution in [0.2, 0.25) is 0 Å². The Morgan fingerprint density at radius 3 is 2.48 bits per heavy atom. The Balaban J connectivity index is 1.15. The minimum atomic E-state index is -0.837. The monoisotopic (exact) mass is 659 g/mol. The Kier molecular flexibility index (Phi) is 7.10. The number of para-hydroxylation sites is 1. The second kappa shape index (κ2) is 10.5. The molecule has 0 amide bonds. The van der Waals surface area contributed by atoms with Gasteiger partial charge in [-0.3, -0.25) is 4.79 Å². The van der Waals surface area contributed by atoms with Crippen molar-refractivity contribution in [2.24, 2.45) is 34.5 Å². The Morgan fingerprint density at radius 1 is 1.02 bits per heavy atom. The molecular weight excluding hydrogens is 606 g/mol. The lowest BCUT2D eigenvalue weighted by Crippen LogP contribution is -2.78. The summed E-state index contributed by atoms with van der Waals surface area (Å²) in [6.07, 6.45) is 13.4. The molecule has 1 saturated heterocycles. The third-order valence-corrected chi connectivity index (χ3v) is 14.5. The van der Waals surface area contributed by atoms with E-state index in [-0.39, 0.29) is 46.8 Å². The number of esters is 1. The molecule has 260 valence electrons. The second-order valence-corrected chi connectivity index (χ2v) is 17.3. The van der Waals surface area contributed by atoms with Crippen molar-refractivity contribution >= 4 is 5.97 Å². The van der Waals surface area contributed by atoms with Crippen molar-refractivity contribution < 1.29 is 19.4 Å². The number of aliphatic hydroxyl groups excluding tert-OH is 1. The maximum absolute atomic E-state index is 14.8. The molecule has 11 atom stereocenters. The number of hydrogen-bond donors (Lipinski definition) is 1.